The number of anilines is 2. The molecule has 5 nitrogen and oxygen atoms in total. The molecule has 1 N–H and O–H groups in total. The Morgan fingerprint density at radius 1 is 1.06 bits per heavy atom. The number of aryl methyl sites for hydroxylation is 1. The number of carboxylic acids is 1. The molecule has 0 aliphatic carbocycles. The van der Waals surface area contributed by atoms with Crippen LogP contribution < -0.4 is 49.6 Å². The third kappa shape index (κ3) is 6.25. The van der Waals surface area contributed by atoms with Crippen LogP contribution in [0.2, 0.25) is 0 Å². The van der Waals surface area contributed by atoms with E-state index in [1.165, 1.54) is 11.6 Å². The Bertz CT molecular complexity index is 1060. The number of benzene rings is 3. The summed E-state index contributed by atoms with van der Waals surface area (Å²) in [5.74, 6) is -0.715. The monoisotopic (exact) mass is 442 g/mol. The summed E-state index contributed by atoms with van der Waals surface area (Å²) in [5.41, 5.74) is 4.36. The predicted molar refractivity (Wildman–Crippen MR) is 116 cm³/mol. The number of hydrogen-bond donors (Lipinski definition) is 1. The number of nitrogens with zero attached hydrogens (tertiary/aromatic N) is 1. The number of aliphatic carboxylic acids is 1. The summed E-state index contributed by atoms with van der Waals surface area (Å²) in [4.78, 5) is 12.9. The van der Waals surface area contributed by atoms with E-state index in [-0.39, 0.29) is 42.4 Å². The summed E-state index contributed by atoms with van der Waals surface area (Å²) in [6.45, 7) is 2.72. The van der Waals surface area contributed by atoms with Gasteiger partial charge in [-0.3, -0.25) is 0 Å². The fourth-order valence-electron chi connectivity index (χ4n) is 3.70. The first-order valence-corrected chi connectivity index (χ1v) is 10.4. The summed E-state index contributed by atoms with van der Waals surface area (Å²) < 4.78 is 20.1. The second kappa shape index (κ2) is 11.4. The molecule has 0 fully saturated rings. The van der Waals surface area contributed by atoms with Gasteiger partial charge in [-0.1, -0.05) is 42.5 Å². The van der Waals surface area contributed by atoms with Crippen molar-refractivity contribution in [1.29, 1.82) is 0 Å². The molecular weight excluding hydrogens is 418 g/mol. The second-order valence-corrected chi connectivity index (χ2v) is 7.59. The van der Waals surface area contributed by atoms with Gasteiger partial charge in [-0.25, -0.2) is 4.39 Å². The Morgan fingerprint density at radius 2 is 1.88 bits per heavy atom. The average Bonchev–Trinajstić information content (AvgIpc) is 2.78. The maximum Gasteiger partial charge on any atom is 1.00 e. The van der Waals surface area contributed by atoms with E-state index in [4.69, 9.17) is 4.74 Å². The van der Waals surface area contributed by atoms with Crippen molar-refractivity contribution >= 4 is 17.3 Å². The molecule has 0 bridgehead atoms. The van der Waals surface area contributed by atoms with Crippen molar-refractivity contribution in [3.05, 3.63) is 89.2 Å². The molecule has 0 radical (unpaired) electrons. The predicted octanol–water partition coefficient (Wildman–Crippen LogP) is 0.523. The number of nitrogens with one attached hydrogen (secondary N) is 1. The van der Waals surface area contributed by atoms with Gasteiger partial charge in [0.1, 0.15) is 18.2 Å². The minimum Gasteiger partial charge on any atom is -0.550 e. The normalized spacial score (nSPS) is 12.3. The molecule has 1 aliphatic rings. The fourth-order valence-corrected chi connectivity index (χ4v) is 3.70. The molecule has 3 aromatic rings. The minimum absolute atomic E-state index is 0. The maximum atomic E-state index is 14.2. The Balaban J connectivity index is 0.00000289. The van der Waals surface area contributed by atoms with Gasteiger partial charge in [-0.05, 0) is 53.8 Å². The Kier molecular flexibility index (Phi) is 8.56. The zero-order valence-corrected chi connectivity index (χ0v) is 20.1. The molecular formula is C25H24FN2NaO3. The number of halogens is 1. The summed E-state index contributed by atoms with van der Waals surface area (Å²) in [5, 5.41) is 13.9. The third-order valence-corrected chi connectivity index (χ3v) is 5.35. The average molecular weight is 442 g/mol. The molecule has 0 saturated heterocycles. The van der Waals surface area contributed by atoms with Crippen LogP contribution in [0.15, 0.2) is 66.7 Å². The van der Waals surface area contributed by atoms with Crippen molar-refractivity contribution in [2.24, 2.45) is 0 Å². The summed E-state index contributed by atoms with van der Waals surface area (Å²) in [6.07, 6.45) is -0.0604. The van der Waals surface area contributed by atoms with E-state index in [1.54, 1.807) is 6.07 Å². The largest absolute Gasteiger partial charge is 1.00 e. The fraction of sp³-hybridized carbons (Fsp3) is 0.240. The molecule has 32 heavy (non-hydrogen) atoms. The summed E-state index contributed by atoms with van der Waals surface area (Å²) in [6, 6.07) is 21.2. The molecule has 0 amide bonds. The van der Waals surface area contributed by atoms with Crippen LogP contribution in [-0.4, -0.2) is 19.1 Å². The summed E-state index contributed by atoms with van der Waals surface area (Å²) in [7, 11) is 0. The number of carbonyl (C=O) groups is 1. The zero-order valence-electron chi connectivity index (χ0n) is 18.1. The number of carboxylic acid groups (broad SMARTS) is 1. The van der Waals surface area contributed by atoms with Gasteiger partial charge in [0.2, 0.25) is 0 Å². The van der Waals surface area contributed by atoms with E-state index in [9.17, 15) is 14.3 Å². The first-order valence-electron chi connectivity index (χ1n) is 10.4. The molecule has 0 saturated carbocycles. The van der Waals surface area contributed by atoms with Gasteiger partial charge in [-0.2, -0.15) is 0 Å². The van der Waals surface area contributed by atoms with Crippen molar-refractivity contribution < 1.29 is 48.6 Å². The van der Waals surface area contributed by atoms with E-state index in [2.05, 4.69) is 28.4 Å². The number of rotatable bonds is 8. The van der Waals surface area contributed by atoms with Crippen LogP contribution in [0.1, 0.15) is 23.1 Å². The van der Waals surface area contributed by atoms with Gasteiger partial charge >= 0.3 is 29.6 Å². The Hall–Kier alpha value is -2.54. The molecule has 0 atom stereocenters. The van der Waals surface area contributed by atoms with Crippen molar-refractivity contribution in [2.75, 3.05) is 23.4 Å². The van der Waals surface area contributed by atoms with Gasteiger partial charge in [0, 0.05) is 24.7 Å². The van der Waals surface area contributed by atoms with Gasteiger partial charge in [-0.15, -0.1) is 0 Å². The molecule has 3 aromatic carbocycles. The van der Waals surface area contributed by atoms with Crippen molar-refractivity contribution in [3.63, 3.8) is 0 Å². The number of carbonyl (C=O) groups excluding carboxylic acids is 1. The summed E-state index contributed by atoms with van der Waals surface area (Å²) >= 11 is 0. The van der Waals surface area contributed by atoms with E-state index >= 15 is 0 Å². The quantitative estimate of drug-likeness (QED) is 0.516. The van der Waals surface area contributed by atoms with Crippen LogP contribution in [0, 0.1) is 5.82 Å². The molecule has 0 spiro atoms. The molecule has 0 unspecified atom stereocenters. The van der Waals surface area contributed by atoms with Crippen LogP contribution in [0.25, 0.3) is 0 Å². The molecule has 1 aliphatic heterocycles. The minimum atomic E-state index is -1.18. The van der Waals surface area contributed by atoms with Crippen LogP contribution in [-0.2, 0) is 24.3 Å². The van der Waals surface area contributed by atoms with Gasteiger partial charge in [0.05, 0.1) is 12.2 Å². The first-order chi connectivity index (χ1) is 15.1. The second-order valence-electron chi connectivity index (χ2n) is 7.59. The number of fused-ring (bicyclic) bond motifs is 1. The van der Waals surface area contributed by atoms with Gasteiger partial charge < -0.3 is 24.9 Å². The molecule has 1 heterocycles. The number of ether oxygens (including phenoxy) is 1. The van der Waals surface area contributed by atoms with Crippen molar-refractivity contribution in [2.45, 2.75) is 25.9 Å². The van der Waals surface area contributed by atoms with Crippen LogP contribution >= 0.6 is 0 Å². The Morgan fingerprint density at radius 3 is 2.62 bits per heavy atom. The van der Waals surface area contributed by atoms with E-state index in [1.807, 2.05) is 36.4 Å². The molecule has 0 aromatic heterocycles. The van der Waals surface area contributed by atoms with E-state index in [0.29, 0.717) is 18.7 Å². The Labute approximate surface area is 209 Å². The number of hydrogen-bond acceptors (Lipinski definition) is 5. The SMILES string of the molecule is O=C([O-])CCc1ccc(CNc2ccc3c(c2)N(Cc2ccccc2)CCO3)cc1F.[Na+]. The molecule has 7 heteroatoms. The third-order valence-electron chi connectivity index (χ3n) is 5.35. The first kappa shape index (κ1) is 24.1. The van der Waals surface area contributed by atoms with E-state index < -0.39 is 11.8 Å². The van der Waals surface area contributed by atoms with Gasteiger partial charge in [0.15, 0.2) is 0 Å². The molecule has 160 valence electrons. The van der Waals surface area contributed by atoms with Crippen LogP contribution in [0.4, 0.5) is 15.8 Å². The van der Waals surface area contributed by atoms with Crippen LogP contribution in [0.3, 0.4) is 0 Å². The maximum absolute atomic E-state index is 14.2. The van der Waals surface area contributed by atoms with Crippen molar-refractivity contribution in [1.82, 2.24) is 0 Å². The van der Waals surface area contributed by atoms with Crippen molar-refractivity contribution in [3.8, 4) is 5.75 Å². The van der Waals surface area contributed by atoms with Crippen LogP contribution in [0.5, 0.6) is 5.75 Å². The van der Waals surface area contributed by atoms with E-state index in [0.717, 1.165) is 35.8 Å². The topological polar surface area (TPSA) is 64.6 Å². The zero-order chi connectivity index (χ0) is 21.6. The smallest absolute Gasteiger partial charge is 0.550 e. The van der Waals surface area contributed by atoms with Gasteiger partial charge in [0.25, 0.3) is 0 Å². The standard InChI is InChI=1S/C25H25FN2O3.Na/c26-22-14-19(6-7-20(22)8-11-25(29)30)16-27-21-9-10-24-23(15-21)28(12-13-31-24)17-18-4-2-1-3-5-18;/h1-7,9-10,14-15,27H,8,11-13,16-17H2,(H,29,30);/q;+1/p-1. The molecule has 4 rings (SSSR count).